The summed E-state index contributed by atoms with van der Waals surface area (Å²) >= 11 is 0. The number of guanidine groups is 1. The lowest BCUT2D eigenvalue weighted by atomic mass is 9.92. The van der Waals surface area contributed by atoms with Crippen molar-refractivity contribution in [2.45, 2.75) is 40.0 Å². The van der Waals surface area contributed by atoms with Gasteiger partial charge in [0.15, 0.2) is 5.96 Å². The summed E-state index contributed by atoms with van der Waals surface area (Å²) in [5, 5.41) is 16.2. The van der Waals surface area contributed by atoms with Crippen LogP contribution in [0.1, 0.15) is 45.6 Å². The lowest BCUT2D eigenvalue weighted by Crippen LogP contribution is -2.39. The summed E-state index contributed by atoms with van der Waals surface area (Å²) < 4.78 is 0. The molecule has 0 spiro atoms. The highest BCUT2D eigenvalue weighted by atomic mass is 16.3. The van der Waals surface area contributed by atoms with Gasteiger partial charge in [0.1, 0.15) is 0 Å². The van der Waals surface area contributed by atoms with Crippen LogP contribution in [0, 0.1) is 5.41 Å². The van der Waals surface area contributed by atoms with Gasteiger partial charge in [0.25, 0.3) is 0 Å². The number of rotatable bonds is 7. The van der Waals surface area contributed by atoms with Crippen LogP contribution < -0.4 is 10.6 Å². The first-order valence-electron chi connectivity index (χ1n) is 8.14. The van der Waals surface area contributed by atoms with E-state index in [0.717, 1.165) is 31.0 Å². The summed E-state index contributed by atoms with van der Waals surface area (Å²) in [5.74, 6) is 0.861. The van der Waals surface area contributed by atoms with Gasteiger partial charge in [-0.05, 0) is 24.3 Å². The zero-order valence-corrected chi connectivity index (χ0v) is 14.4. The first kappa shape index (κ1) is 18.5. The van der Waals surface area contributed by atoms with Crippen molar-refractivity contribution >= 4 is 5.96 Å². The van der Waals surface area contributed by atoms with Crippen molar-refractivity contribution < 1.29 is 5.11 Å². The summed E-state index contributed by atoms with van der Waals surface area (Å²) in [6, 6.07) is 10.1. The molecular formula is C18H31N3O. The number of aliphatic imine (C=N–C) groups is 1. The van der Waals surface area contributed by atoms with Crippen molar-refractivity contribution in [2.24, 2.45) is 10.4 Å². The summed E-state index contributed by atoms with van der Waals surface area (Å²) in [5.41, 5.74) is 1.43. The van der Waals surface area contributed by atoms with Gasteiger partial charge in [-0.1, -0.05) is 51.1 Å². The van der Waals surface area contributed by atoms with Crippen molar-refractivity contribution in [3.8, 4) is 0 Å². The quantitative estimate of drug-likeness (QED) is 0.536. The molecule has 0 amide bonds. The molecule has 1 aromatic carbocycles. The molecule has 1 rings (SSSR count). The van der Waals surface area contributed by atoms with Crippen molar-refractivity contribution in [3.05, 3.63) is 35.9 Å². The van der Waals surface area contributed by atoms with Crippen molar-refractivity contribution in [2.75, 3.05) is 26.2 Å². The van der Waals surface area contributed by atoms with Gasteiger partial charge < -0.3 is 15.7 Å². The highest BCUT2D eigenvalue weighted by Gasteiger charge is 2.11. The fourth-order valence-electron chi connectivity index (χ4n) is 2.09. The maximum Gasteiger partial charge on any atom is 0.191 e. The zero-order chi connectivity index (χ0) is 16.4. The Balaban J connectivity index is 2.60. The average molecular weight is 305 g/mol. The fraction of sp³-hybridized carbons (Fsp3) is 0.611. The molecule has 0 heterocycles. The van der Waals surface area contributed by atoms with Crippen LogP contribution >= 0.6 is 0 Å². The minimum Gasteiger partial charge on any atom is -0.396 e. The number of nitrogens with zero attached hydrogens (tertiary/aromatic N) is 1. The smallest absolute Gasteiger partial charge is 0.191 e. The van der Waals surface area contributed by atoms with Crippen LogP contribution in [0.4, 0.5) is 0 Å². The number of aliphatic hydroxyl groups is 1. The molecule has 1 aromatic rings. The van der Waals surface area contributed by atoms with Crippen molar-refractivity contribution in [1.82, 2.24) is 10.6 Å². The van der Waals surface area contributed by atoms with E-state index >= 15 is 0 Å². The molecule has 0 aliphatic heterocycles. The third kappa shape index (κ3) is 7.46. The standard InChI is InChI=1S/C18H31N3O/c1-5-19-17(20-12-11-18(2,3)4)21-13-16(14-22)15-9-7-6-8-10-15/h6-10,16,22H,5,11-14H2,1-4H3,(H2,19,20,21). The molecule has 4 nitrogen and oxygen atoms in total. The normalized spacial score (nSPS) is 13.8. The van der Waals surface area contributed by atoms with E-state index in [9.17, 15) is 5.11 Å². The molecule has 0 fully saturated rings. The Hall–Kier alpha value is -1.55. The van der Waals surface area contributed by atoms with E-state index in [1.165, 1.54) is 0 Å². The van der Waals surface area contributed by atoms with E-state index in [4.69, 9.17) is 0 Å². The van der Waals surface area contributed by atoms with Crippen molar-refractivity contribution in [3.63, 3.8) is 0 Å². The molecule has 124 valence electrons. The van der Waals surface area contributed by atoms with Crippen LogP contribution in [0.5, 0.6) is 0 Å². The van der Waals surface area contributed by atoms with E-state index in [0.29, 0.717) is 12.0 Å². The van der Waals surface area contributed by atoms with Gasteiger partial charge in [-0.25, -0.2) is 0 Å². The molecule has 0 aliphatic rings. The SMILES string of the molecule is CCNC(=NCC(CO)c1ccccc1)NCCC(C)(C)C. The molecule has 3 N–H and O–H groups in total. The van der Waals surface area contributed by atoms with Crippen LogP contribution in [0.25, 0.3) is 0 Å². The van der Waals surface area contributed by atoms with E-state index in [-0.39, 0.29) is 12.5 Å². The lowest BCUT2D eigenvalue weighted by molar-refractivity contribution is 0.268. The predicted octanol–water partition coefficient (Wildman–Crippen LogP) is 2.75. The molecule has 0 aromatic heterocycles. The molecule has 0 saturated carbocycles. The predicted molar refractivity (Wildman–Crippen MR) is 94.3 cm³/mol. The minimum atomic E-state index is 0.0410. The van der Waals surface area contributed by atoms with Crippen molar-refractivity contribution in [1.29, 1.82) is 0 Å². The first-order chi connectivity index (χ1) is 10.5. The Bertz CT molecular complexity index is 437. The number of benzene rings is 1. The fourth-order valence-corrected chi connectivity index (χ4v) is 2.09. The lowest BCUT2D eigenvalue weighted by Gasteiger charge is -2.20. The maximum atomic E-state index is 9.59. The van der Waals surface area contributed by atoms with Crippen LogP contribution in [0.15, 0.2) is 35.3 Å². The summed E-state index contributed by atoms with van der Waals surface area (Å²) in [7, 11) is 0. The monoisotopic (exact) mass is 305 g/mol. The van der Waals surface area contributed by atoms with Crippen LogP contribution in [-0.4, -0.2) is 37.3 Å². The molecule has 4 heteroatoms. The minimum absolute atomic E-state index is 0.0410. The molecule has 0 bridgehead atoms. The number of nitrogens with one attached hydrogen (secondary N) is 2. The summed E-state index contributed by atoms with van der Waals surface area (Å²) in [6.45, 7) is 11.2. The van der Waals surface area contributed by atoms with Gasteiger partial charge in [0, 0.05) is 19.0 Å². The average Bonchev–Trinajstić information content (AvgIpc) is 2.47. The maximum absolute atomic E-state index is 9.59. The van der Waals surface area contributed by atoms with Gasteiger partial charge in [-0.2, -0.15) is 0 Å². The molecular weight excluding hydrogens is 274 g/mol. The molecule has 0 saturated heterocycles. The first-order valence-corrected chi connectivity index (χ1v) is 8.14. The number of hydrogen-bond acceptors (Lipinski definition) is 2. The van der Waals surface area contributed by atoms with Gasteiger partial charge >= 0.3 is 0 Å². The second-order valence-electron chi connectivity index (χ2n) is 6.75. The highest BCUT2D eigenvalue weighted by Crippen LogP contribution is 2.17. The third-order valence-electron chi connectivity index (χ3n) is 3.47. The molecule has 1 atom stereocenters. The van der Waals surface area contributed by atoms with Crippen LogP contribution in [0.2, 0.25) is 0 Å². The number of aliphatic hydroxyl groups excluding tert-OH is 1. The van der Waals surface area contributed by atoms with E-state index in [2.05, 4.69) is 43.3 Å². The largest absolute Gasteiger partial charge is 0.396 e. The second-order valence-corrected chi connectivity index (χ2v) is 6.75. The molecule has 0 radical (unpaired) electrons. The summed E-state index contributed by atoms with van der Waals surface area (Å²) in [6.07, 6.45) is 1.08. The number of hydrogen-bond donors (Lipinski definition) is 3. The van der Waals surface area contributed by atoms with Crippen LogP contribution in [0.3, 0.4) is 0 Å². The Morgan fingerprint density at radius 2 is 1.86 bits per heavy atom. The van der Waals surface area contributed by atoms with Gasteiger partial charge in [0.2, 0.25) is 0 Å². The Morgan fingerprint density at radius 1 is 1.18 bits per heavy atom. The molecule has 0 aliphatic carbocycles. The Kier molecular flexibility index (Phi) is 7.96. The molecule has 1 unspecified atom stereocenters. The van der Waals surface area contributed by atoms with E-state index in [1.54, 1.807) is 0 Å². The van der Waals surface area contributed by atoms with Gasteiger partial charge in [-0.3, -0.25) is 4.99 Å². The van der Waals surface area contributed by atoms with Gasteiger partial charge in [-0.15, -0.1) is 0 Å². The second kappa shape index (κ2) is 9.46. The Morgan fingerprint density at radius 3 is 2.41 bits per heavy atom. The third-order valence-corrected chi connectivity index (χ3v) is 3.47. The molecule has 22 heavy (non-hydrogen) atoms. The zero-order valence-electron chi connectivity index (χ0n) is 14.4. The van der Waals surface area contributed by atoms with Gasteiger partial charge in [0.05, 0.1) is 13.2 Å². The summed E-state index contributed by atoms with van der Waals surface area (Å²) in [4.78, 5) is 4.62. The van der Waals surface area contributed by atoms with E-state index in [1.807, 2.05) is 30.3 Å². The van der Waals surface area contributed by atoms with Crippen LogP contribution in [-0.2, 0) is 0 Å². The highest BCUT2D eigenvalue weighted by molar-refractivity contribution is 5.79. The topological polar surface area (TPSA) is 56.7 Å². The van der Waals surface area contributed by atoms with E-state index < -0.39 is 0 Å². The Labute approximate surface area is 135 Å².